The van der Waals surface area contributed by atoms with Crippen LogP contribution in [0.1, 0.15) is 36.0 Å². The largest absolute Gasteiger partial charge is 0.383 e. The Morgan fingerprint density at radius 3 is 2.82 bits per heavy atom. The number of ether oxygens (including phenoxy) is 1. The number of amides is 1. The summed E-state index contributed by atoms with van der Waals surface area (Å²) in [5.74, 6) is -1.25. The first kappa shape index (κ1) is 23.7. The van der Waals surface area contributed by atoms with Crippen molar-refractivity contribution in [2.45, 2.75) is 37.8 Å². The number of fused-ring (bicyclic) bond motifs is 1. The molecule has 1 fully saturated rings. The van der Waals surface area contributed by atoms with Crippen LogP contribution in [-0.2, 0) is 4.74 Å². The number of pyridine rings is 2. The van der Waals surface area contributed by atoms with Crippen LogP contribution >= 0.6 is 0 Å². The standard InChI is InChI=1S/C24H30FN7O2/c1-34-10-9-28-20-8-4-5-14-11-15(13-29-21(14)20)30-23-16(22(27)33)12-17(25)24(32-23)31-19-7-3-2-6-18(19)26/h4-5,8,11-13,18-19,28H,2-3,6-7,9-10,26H2,1H3,(H2,27,33)(H2,30,31,32)/t18?,19-/m1/s1. The number of para-hydroxylation sites is 1. The Morgan fingerprint density at radius 1 is 1.24 bits per heavy atom. The summed E-state index contributed by atoms with van der Waals surface area (Å²) < 4.78 is 19.8. The maximum absolute atomic E-state index is 14.8. The Balaban J connectivity index is 1.62. The molecule has 0 saturated heterocycles. The van der Waals surface area contributed by atoms with Crippen molar-refractivity contribution >= 4 is 39.8 Å². The number of nitrogens with two attached hydrogens (primary N) is 2. The van der Waals surface area contributed by atoms with Crippen molar-refractivity contribution in [1.29, 1.82) is 0 Å². The summed E-state index contributed by atoms with van der Waals surface area (Å²) in [5.41, 5.74) is 13.9. The summed E-state index contributed by atoms with van der Waals surface area (Å²) in [7, 11) is 1.65. The highest BCUT2D eigenvalue weighted by atomic mass is 19.1. The first-order valence-corrected chi connectivity index (χ1v) is 11.4. The Hall–Kier alpha value is -3.50. The second-order valence-corrected chi connectivity index (χ2v) is 8.42. The Bertz CT molecular complexity index is 1170. The lowest BCUT2D eigenvalue weighted by Gasteiger charge is -2.30. The van der Waals surface area contributed by atoms with Gasteiger partial charge in [-0.1, -0.05) is 25.0 Å². The van der Waals surface area contributed by atoms with E-state index in [9.17, 15) is 9.18 Å². The summed E-state index contributed by atoms with van der Waals surface area (Å²) in [6.45, 7) is 1.23. The van der Waals surface area contributed by atoms with Crippen molar-refractivity contribution in [2.24, 2.45) is 11.5 Å². The smallest absolute Gasteiger partial charge is 0.252 e. The maximum Gasteiger partial charge on any atom is 0.252 e. The number of rotatable bonds is 9. The third kappa shape index (κ3) is 5.35. The van der Waals surface area contributed by atoms with Gasteiger partial charge in [-0.3, -0.25) is 9.78 Å². The molecule has 1 aromatic carbocycles. The van der Waals surface area contributed by atoms with E-state index in [-0.39, 0.29) is 29.3 Å². The van der Waals surface area contributed by atoms with Gasteiger partial charge in [-0.15, -0.1) is 0 Å². The fourth-order valence-corrected chi connectivity index (χ4v) is 4.18. The summed E-state index contributed by atoms with van der Waals surface area (Å²) in [6.07, 6.45) is 5.40. The summed E-state index contributed by atoms with van der Waals surface area (Å²) in [5, 5.41) is 10.4. The molecule has 3 aromatic rings. The molecular formula is C24H30FN7O2. The molecule has 1 aliphatic carbocycles. The van der Waals surface area contributed by atoms with E-state index in [1.54, 1.807) is 13.3 Å². The zero-order chi connectivity index (χ0) is 24.1. The van der Waals surface area contributed by atoms with Crippen molar-refractivity contribution in [3.05, 3.63) is 47.9 Å². The molecule has 0 spiro atoms. The quantitative estimate of drug-likeness (QED) is 0.302. The predicted molar refractivity (Wildman–Crippen MR) is 132 cm³/mol. The van der Waals surface area contributed by atoms with Gasteiger partial charge in [-0.2, -0.15) is 0 Å². The molecule has 34 heavy (non-hydrogen) atoms. The molecule has 180 valence electrons. The SMILES string of the molecule is COCCNc1cccc2cc(Nc3nc(N[C@@H]4CCCCC4N)c(F)cc3C(N)=O)cnc12. The van der Waals surface area contributed by atoms with Crippen molar-refractivity contribution in [3.8, 4) is 0 Å². The highest BCUT2D eigenvalue weighted by molar-refractivity contribution is 5.99. The summed E-state index contributed by atoms with van der Waals surface area (Å²) >= 11 is 0. The molecule has 2 atom stereocenters. The zero-order valence-corrected chi connectivity index (χ0v) is 19.1. The van der Waals surface area contributed by atoms with Gasteiger partial charge in [0.15, 0.2) is 11.6 Å². The van der Waals surface area contributed by atoms with E-state index in [1.807, 2.05) is 24.3 Å². The normalized spacial score (nSPS) is 18.0. The highest BCUT2D eigenvalue weighted by Crippen LogP contribution is 2.29. The van der Waals surface area contributed by atoms with Crippen LogP contribution in [0.25, 0.3) is 10.9 Å². The van der Waals surface area contributed by atoms with E-state index in [0.29, 0.717) is 18.8 Å². The van der Waals surface area contributed by atoms with Gasteiger partial charge >= 0.3 is 0 Å². The maximum atomic E-state index is 14.8. The molecule has 1 aliphatic rings. The third-order valence-corrected chi connectivity index (χ3v) is 5.98. The second-order valence-electron chi connectivity index (χ2n) is 8.42. The fourth-order valence-electron chi connectivity index (χ4n) is 4.18. The van der Waals surface area contributed by atoms with E-state index in [0.717, 1.165) is 48.3 Å². The second kappa shape index (κ2) is 10.6. The Kier molecular flexibility index (Phi) is 7.39. The number of nitrogens with one attached hydrogen (secondary N) is 3. The van der Waals surface area contributed by atoms with Gasteiger partial charge in [0.05, 0.1) is 35.3 Å². The lowest BCUT2D eigenvalue weighted by atomic mass is 9.91. The first-order chi connectivity index (χ1) is 16.5. The molecule has 0 bridgehead atoms. The van der Waals surface area contributed by atoms with Crippen molar-refractivity contribution in [2.75, 3.05) is 36.2 Å². The molecule has 0 radical (unpaired) electrons. The molecule has 2 heterocycles. The zero-order valence-electron chi connectivity index (χ0n) is 19.1. The van der Waals surface area contributed by atoms with Crippen molar-refractivity contribution < 1.29 is 13.9 Å². The number of hydrogen-bond donors (Lipinski definition) is 5. The third-order valence-electron chi connectivity index (χ3n) is 5.98. The van der Waals surface area contributed by atoms with Crippen LogP contribution in [0.3, 0.4) is 0 Å². The van der Waals surface area contributed by atoms with E-state index < -0.39 is 11.7 Å². The van der Waals surface area contributed by atoms with Crippen molar-refractivity contribution in [3.63, 3.8) is 0 Å². The molecular weight excluding hydrogens is 437 g/mol. The number of anilines is 4. The predicted octanol–water partition coefficient (Wildman–Crippen LogP) is 3.35. The van der Waals surface area contributed by atoms with Crippen LogP contribution in [0.15, 0.2) is 36.5 Å². The molecule has 2 aromatic heterocycles. The first-order valence-electron chi connectivity index (χ1n) is 11.4. The number of methoxy groups -OCH3 is 1. The number of carbonyl (C=O) groups is 1. The van der Waals surface area contributed by atoms with Crippen LogP contribution in [0, 0.1) is 5.82 Å². The number of nitrogens with zero attached hydrogens (tertiary/aromatic N) is 2. The summed E-state index contributed by atoms with van der Waals surface area (Å²) in [4.78, 5) is 20.9. The summed E-state index contributed by atoms with van der Waals surface area (Å²) in [6, 6.07) is 8.60. The lowest BCUT2D eigenvalue weighted by Crippen LogP contribution is -2.43. The average molecular weight is 468 g/mol. The highest BCUT2D eigenvalue weighted by Gasteiger charge is 2.24. The molecule has 1 unspecified atom stereocenters. The topological polar surface area (TPSA) is 140 Å². The number of carbonyl (C=O) groups excluding carboxylic acids is 1. The number of benzene rings is 1. The van der Waals surface area contributed by atoms with E-state index in [4.69, 9.17) is 16.2 Å². The van der Waals surface area contributed by atoms with Gasteiger partial charge in [0, 0.05) is 31.1 Å². The van der Waals surface area contributed by atoms with Gasteiger partial charge in [0.25, 0.3) is 5.91 Å². The van der Waals surface area contributed by atoms with Crippen LogP contribution in [0.5, 0.6) is 0 Å². The van der Waals surface area contributed by atoms with Crippen LogP contribution in [-0.4, -0.2) is 48.2 Å². The van der Waals surface area contributed by atoms with E-state index >= 15 is 0 Å². The van der Waals surface area contributed by atoms with Crippen molar-refractivity contribution in [1.82, 2.24) is 9.97 Å². The number of primary amides is 1. The minimum absolute atomic E-state index is 0.0354. The van der Waals surface area contributed by atoms with Gasteiger partial charge in [0.1, 0.15) is 5.82 Å². The average Bonchev–Trinajstić information content (AvgIpc) is 2.82. The van der Waals surface area contributed by atoms with Gasteiger partial charge in [-0.25, -0.2) is 9.37 Å². The molecule has 4 rings (SSSR count). The Morgan fingerprint density at radius 2 is 2.06 bits per heavy atom. The van der Waals surface area contributed by atoms with E-state index in [2.05, 4.69) is 25.9 Å². The van der Waals surface area contributed by atoms with Crippen LogP contribution in [0.4, 0.5) is 27.4 Å². The van der Waals surface area contributed by atoms with Crippen LogP contribution < -0.4 is 27.4 Å². The monoisotopic (exact) mass is 467 g/mol. The van der Waals surface area contributed by atoms with Gasteiger partial charge in [-0.05, 0) is 31.0 Å². The number of aromatic nitrogens is 2. The minimum atomic E-state index is -0.784. The van der Waals surface area contributed by atoms with E-state index in [1.165, 1.54) is 0 Å². The molecule has 10 heteroatoms. The van der Waals surface area contributed by atoms with Gasteiger partial charge in [0.2, 0.25) is 0 Å². The number of halogens is 1. The fraction of sp³-hybridized carbons (Fsp3) is 0.375. The number of hydrogen-bond acceptors (Lipinski definition) is 8. The van der Waals surface area contributed by atoms with Gasteiger partial charge < -0.3 is 32.2 Å². The molecule has 7 N–H and O–H groups in total. The molecule has 1 saturated carbocycles. The lowest BCUT2D eigenvalue weighted by molar-refractivity contribution is 0.100. The molecule has 1 amide bonds. The molecule has 0 aliphatic heterocycles. The minimum Gasteiger partial charge on any atom is -0.383 e. The molecule has 9 nitrogen and oxygen atoms in total. The van der Waals surface area contributed by atoms with Crippen LogP contribution in [0.2, 0.25) is 0 Å². The Labute approximate surface area is 197 Å².